The van der Waals surface area contributed by atoms with Crippen molar-refractivity contribution in [3.05, 3.63) is 60.2 Å². The molecule has 2 aromatic carbocycles. The van der Waals surface area contributed by atoms with Gasteiger partial charge in [-0.1, -0.05) is 46.3 Å². The highest BCUT2D eigenvalue weighted by Gasteiger charge is 2.03. The van der Waals surface area contributed by atoms with E-state index in [4.69, 9.17) is 4.74 Å². The number of anilines is 1. The van der Waals surface area contributed by atoms with Crippen molar-refractivity contribution in [3.63, 3.8) is 0 Å². The Morgan fingerprint density at radius 1 is 1.05 bits per heavy atom. The molecule has 98 valence electrons. The Kier molecular flexibility index (Phi) is 4.98. The van der Waals surface area contributed by atoms with Gasteiger partial charge in [-0.3, -0.25) is 4.79 Å². The molecule has 0 radical (unpaired) electrons. The topological polar surface area (TPSA) is 38.3 Å². The third-order valence-corrected chi connectivity index (χ3v) is 3.15. The maximum absolute atomic E-state index is 11.7. The highest BCUT2D eigenvalue weighted by Crippen LogP contribution is 2.12. The number of carbonyl (C=O) groups is 1. The molecule has 3 nitrogen and oxygen atoms in total. The van der Waals surface area contributed by atoms with E-state index in [0.717, 1.165) is 11.0 Å². The molecule has 0 saturated heterocycles. The number of hydrogen-bond donors (Lipinski definition) is 1. The van der Waals surface area contributed by atoms with Crippen LogP contribution in [0.5, 0.6) is 5.75 Å². The van der Waals surface area contributed by atoms with Crippen molar-refractivity contribution >= 4 is 27.5 Å². The highest BCUT2D eigenvalue weighted by atomic mass is 79.9. The summed E-state index contributed by atoms with van der Waals surface area (Å²) in [6.45, 7) is 0.00418. The van der Waals surface area contributed by atoms with E-state index in [2.05, 4.69) is 21.2 Å². The van der Waals surface area contributed by atoms with Gasteiger partial charge in [-0.05, 0) is 29.8 Å². The van der Waals surface area contributed by atoms with Gasteiger partial charge in [0.2, 0.25) is 0 Å². The van der Waals surface area contributed by atoms with Crippen molar-refractivity contribution in [1.29, 1.82) is 0 Å². The molecule has 0 aliphatic carbocycles. The molecule has 4 heteroatoms. The Morgan fingerprint density at radius 2 is 1.74 bits per heavy atom. The monoisotopic (exact) mass is 319 g/mol. The van der Waals surface area contributed by atoms with Crippen LogP contribution in [-0.2, 0) is 10.1 Å². The molecule has 0 saturated carbocycles. The fourth-order valence-corrected chi connectivity index (χ4v) is 1.91. The maximum atomic E-state index is 11.7. The largest absolute Gasteiger partial charge is 0.484 e. The second kappa shape index (κ2) is 6.95. The number of halogens is 1. The molecule has 2 rings (SSSR count). The Morgan fingerprint density at radius 3 is 2.37 bits per heavy atom. The third-order valence-electron chi connectivity index (χ3n) is 2.51. The zero-order chi connectivity index (χ0) is 13.5. The number of hydrogen-bond acceptors (Lipinski definition) is 2. The molecule has 0 aromatic heterocycles. The number of rotatable bonds is 5. The van der Waals surface area contributed by atoms with Gasteiger partial charge in [0.15, 0.2) is 6.61 Å². The molecule has 0 fully saturated rings. The molecule has 0 bridgehead atoms. The van der Waals surface area contributed by atoms with Gasteiger partial charge in [-0.25, -0.2) is 0 Å². The predicted molar refractivity (Wildman–Crippen MR) is 79.6 cm³/mol. The van der Waals surface area contributed by atoms with Crippen molar-refractivity contribution in [2.75, 3.05) is 11.9 Å². The number of benzene rings is 2. The summed E-state index contributed by atoms with van der Waals surface area (Å²) >= 11 is 3.38. The van der Waals surface area contributed by atoms with Gasteiger partial charge in [0.1, 0.15) is 5.75 Å². The summed E-state index contributed by atoms with van der Waals surface area (Å²) in [6.07, 6.45) is 0. The summed E-state index contributed by atoms with van der Waals surface area (Å²) in [7, 11) is 0. The lowest BCUT2D eigenvalue weighted by Gasteiger charge is -2.07. The van der Waals surface area contributed by atoms with E-state index < -0.39 is 0 Å². The first kappa shape index (κ1) is 13.6. The molecule has 0 spiro atoms. The van der Waals surface area contributed by atoms with Crippen LogP contribution in [0.15, 0.2) is 54.6 Å². The molecule has 0 aliphatic rings. The molecule has 0 heterocycles. The van der Waals surface area contributed by atoms with E-state index in [1.165, 1.54) is 5.56 Å². The van der Waals surface area contributed by atoms with Gasteiger partial charge in [-0.15, -0.1) is 0 Å². The molecular weight excluding hydrogens is 306 g/mol. The van der Waals surface area contributed by atoms with Crippen LogP contribution in [0.4, 0.5) is 5.69 Å². The van der Waals surface area contributed by atoms with E-state index in [1.807, 2.05) is 54.6 Å². The SMILES string of the molecule is O=C(COc1ccccc1)Nc1ccc(CBr)cc1. The number of carbonyl (C=O) groups excluding carboxylic acids is 1. The summed E-state index contributed by atoms with van der Waals surface area (Å²) in [5, 5.41) is 3.59. The van der Waals surface area contributed by atoms with Gasteiger partial charge >= 0.3 is 0 Å². The summed E-state index contributed by atoms with van der Waals surface area (Å²) in [5.41, 5.74) is 1.94. The van der Waals surface area contributed by atoms with Crippen molar-refractivity contribution in [3.8, 4) is 5.75 Å². The predicted octanol–water partition coefficient (Wildman–Crippen LogP) is 3.60. The van der Waals surface area contributed by atoms with Crippen molar-refractivity contribution < 1.29 is 9.53 Å². The average Bonchev–Trinajstić information content (AvgIpc) is 2.47. The first-order chi connectivity index (χ1) is 9.28. The second-order valence-electron chi connectivity index (χ2n) is 3.98. The van der Waals surface area contributed by atoms with Crippen LogP contribution in [0.25, 0.3) is 0 Å². The number of amides is 1. The summed E-state index contributed by atoms with van der Waals surface area (Å²) < 4.78 is 5.37. The van der Waals surface area contributed by atoms with Crippen LogP contribution in [0.1, 0.15) is 5.56 Å². The van der Waals surface area contributed by atoms with E-state index in [-0.39, 0.29) is 12.5 Å². The number of para-hydroxylation sites is 1. The minimum atomic E-state index is -0.171. The van der Waals surface area contributed by atoms with Crippen LogP contribution in [0.2, 0.25) is 0 Å². The second-order valence-corrected chi connectivity index (χ2v) is 4.54. The smallest absolute Gasteiger partial charge is 0.262 e. The average molecular weight is 320 g/mol. The van der Waals surface area contributed by atoms with Gasteiger partial charge in [0.05, 0.1) is 0 Å². The number of alkyl halides is 1. The van der Waals surface area contributed by atoms with E-state index in [0.29, 0.717) is 5.75 Å². The third kappa shape index (κ3) is 4.41. The molecule has 2 aromatic rings. The molecule has 1 amide bonds. The van der Waals surface area contributed by atoms with Crippen molar-refractivity contribution in [2.24, 2.45) is 0 Å². The quantitative estimate of drug-likeness (QED) is 0.855. The van der Waals surface area contributed by atoms with Crippen LogP contribution >= 0.6 is 15.9 Å². The Labute approximate surface area is 120 Å². The lowest BCUT2D eigenvalue weighted by molar-refractivity contribution is -0.118. The van der Waals surface area contributed by atoms with E-state index in [9.17, 15) is 4.79 Å². The Hall–Kier alpha value is -1.81. The van der Waals surface area contributed by atoms with Crippen LogP contribution < -0.4 is 10.1 Å². The highest BCUT2D eigenvalue weighted by molar-refractivity contribution is 9.08. The number of nitrogens with one attached hydrogen (secondary N) is 1. The first-order valence-electron chi connectivity index (χ1n) is 5.90. The van der Waals surface area contributed by atoms with E-state index >= 15 is 0 Å². The van der Waals surface area contributed by atoms with E-state index in [1.54, 1.807) is 0 Å². The van der Waals surface area contributed by atoms with Crippen LogP contribution in [0, 0.1) is 0 Å². The minimum absolute atomic E-state index is 0.00418. The lowest BCUT2D eigenvalue weighted by Crippen LogP contribution is -2.20. The van der Waals surface area contributed by atoms with Gasteiger partial charge in [-0.2, -0.15) is 0 Å². The zero-order valence-corrected chi connectivity index (χ0v) is 11.9. The lowest BCUT2D eigenvalue weighted by atomic mass is 10.2. The molecule has 1 N–H and O–H groups in total. The van der Waals surface area contributed by atoms with Crippen molar-refractivity contribution in [1.82, 2.24) is 0 Å². The molecule has 0 unspecified atom stereocenters. The van der Waals surface area contributed by atoms with Gasteiger partial charge < -0.3 is 10.1 Å². The van der Waals surface area contributed by atoms with Gasteiger partial charge in [0, 0.05) is 11.0 Å². The minimum Gasteiger partial charge on any atom is -0.484 e. The fourth-order valence-electron chi connectivity index (χ4n) is 1.54. The number of ether oxygens (including phenoxy) is 1. The molecule has 0 aliphatic heterocycles. The summed E-state index contributed by atoms with van der Waals surface area (Å²) in [5.74, 6) is 0.516. The normalized spacial score (nSPS) is 9.95. The maximum Gasteiger partial charge on any atom is 0.262 e. The molecular formula is C15H14BrNO2. The van der Waals surface area contributed by atoms with Crippen molar-refractivity contribution in [2.45, 2.75) is 5.33 Å². The summed E-state index contributed by atoms with van der Waals surface area (Å²) in [6, 6.07) is 16.9. The molecule has 0 atom stereocenters. The first-order valence-corrected chi connectivity index (χ1v) is 7.02. The standard InChI is InChI=1S/C15H14BrNO2/c16-10-12-6-8-13(9-7-12)17-15(18)11-19-14-4-2-1-3-5-14/h1-9H,10-11H2,(H,17,18). The summed E-state index contributed by atoms with van der Waals surface area (Å²) in [4.78, 5) is 11.7. The Bertz CT molecular complexity index is 526. The molecule has 19 heavy (non-hydrogen) atoms. The van der Waals surface area contributed by atoms with Gasteiger partial charge in [0.25, 0.3) is 5.91 Å². The fraction of sp³-hybridized carbons (Fsp3) is 0.133. The van der Waals surface area contributed by atoms with Crippen LogP contribution in [-0.4, -0.2) is 12.5 Å². The zero-order valence-electron chi connectivity index (χ0n) is 10.3. The Balaban J connectivity index is 1.83. The van der Waals surface area contributed by atoms with Crippen LogP contribution in [0.3, 0.4) is 0 Å².